The molecule has 0 unspecified atom stereocenters. The minimum absolute atomic E-state index is 0.635. The van der Waals surface area contributed by atoms with Crippen molar-refractivity contribution in [1.82, 2.24) is 0 Å². The van der Waals surface area contributed by atoms with Gasteiger partial charge in [-0.25, -0.2) is 0 Å². The van der Waals surface area contributed by atoms with Crippen molar-refractivity contribution in [2.75, 3.05) is 0 Å². The molecule has 0 radical (unpaired) electrons. The van der Waals surface area contributed by atoms with Crippen LogP contribution in [0.1, 0.15) is 59.3 Å². The maximum absolute atomic E-state index is 11.1. The number of carboxylic acids is 2. The second kappa shape index (κ2) is 7.30. The first-order chi connectivity index (χ1) is 7.89. The van der Waals surface area contributed by atoms with E-state index in [4.69, 9.17) is 10.2 Å². The molecule has 0 heterocycles. The molecule has 0 amide bonds. The van der Waals surface area contributed by atoms with Crippen molar-refractivity contribution in [2.45, 2.75) is 59.3 Å². The first kappa shape index (κ1) is 15.9. The SMILES string of the molecule is CCCCC(C)(CCCC)C(C(=O)O)C(=O)O. The average Bonchev–Trinajstić information content (AvgIpc) is 2.22. The molecule has 0 fully saturated rings. The molecule has 17 heavy (non-hydrogen) atoms. The van der Waals surface area contributed by atoms with Gasteiger partial charge < -0.3 is 10.2 Å². The molecule has 4 heteroatoms. The predicted octanol–water partition coefficient (Wildman–Crippen LogP) is 3.16. The van der Waals surface area contributed by atoms with E-state index in [0.717, 1.165) is 25.7 Å². The lowest BCUT2D eigenvalue weighted by Gasteiger charge is -2.33. The summed E-state index contributed by atoms with van der Waals surface area (Å²) in [6.07, 6.45) is 4.97. The van der Waals surface area contributed by atoms with Crippen LogP contribution in [0.4, 0.5) is 0 Å². The highest BCUT2D eigenvalue weighted by Crippen LogP contribution is 2.38. The van der Waals surface area contributed by atoms with Crippen molar-refractivity contribution >= 4 is 11.9 Å². The van der Waals surface area contributed by atoms with E-state index < -0.39 is 23.3 Å². The van der Waals surface area contributed by atoms with E-state index in [0.29, 0.717) is 12.8 Å². The lowest BCUT2D eigenvalue weighted by atomic mass is 9.70. The van der Waals surface area contributed by atoms with Crippen LogP contribution >= 0.6 is 0 Å². The summed E-state index contributed by atoms with van der Waals surface area (Å²) < 4.78 is 0. The zero-order valence-electron chi connectivity index (χ0n) is 11.0. The number of aliphatic carboxylic acids is 2. The van der Waals surface area contributed by atoms with Crippen LogP contribution in [0, 0.1) is 11.3 Å². The average molecular weight is 244 g/mol. The van der Waals surface area contributed by atoms with Crippen molar-refractivity contribution in [2.24, 2.45) is 11.3 Å². The molecule has 0 atom stereocenters. The summed E-state index contributed by atoms with van der Waals surface area (Å²) in [5.74, 6) is -3.72. The van der Waals surface area contributed by atoms with Crippen LogP contribution in [0.5, 0.6) is 0 Å². The molecule has 2 N–H and O–H groups in total. The van der Waals surface area contributed by atoms with E-state index in [9.17, 15) is 9.59 Å². The van der Waals surface area contributed by atoms with Gasteiger partial charge in [-0.1, -0.05) is 46.5 Å². The third kappa shape index (κ3) is 4.75. The van der Waals surface area contributed by atoms with Crippen molar-refractivity contribution in [1.29, 1.82) is 0 Å². The summed E-state index contributed by atoms with van der Waals surface area (Å²) in [5, 5.41) is 18.2. The van der Waals surface area contributed by atoms with Gasteiger partial charge in [-0.2, -0.15) is 0 Å². The Balaban J connectivity index is 4.95. The highest BCUT2D eigenvalue weighted by atomic mass is 16.4. The van der Waals surface area contributed by atoms with Gasteiger partial charge in [0.15, 0.2) is 5.92 Å². The Labute approximate surface area is 103 Å². The highest BCUT2D eigenvalue weighted by Gasteiger charge is 2.43. The third-order valence-electron chi connectivity index (χ3n) is 3.39. The van der Waals surface area contributed by atoms with E-state index >= 15 is 0 Å². The zero-order chi connectivity index (χ0) is 13.5. The minimum Gasteiger partial charge on any atom is -0.481 e. The Morgan fingerprint density at radius 2 is 1.35 bits per heavy atom. The largest absolute Gasteiger partial charge is 0.481 e. The molecule has 0 saturated heterocycles. The van der Waals surface area contributed by atoms with Gasteiger partial charge in [0, 0.05) is 0 Å². The molecule has 0 aliphatic carbocycles. The molecular formula is C13H24O4. The molecule has 0 aromatic heterocycles. The van der Waals surface area contributed by atoms with Crippen molar-refractivity contribution in [3.8, 4) is 0 Å². The highest BCUT2D eigenvalue weighted by molar-refractivity contribution is 5.93. The Morgan fingerprint density at radius 1 is 1.00 bits per heavy atom. The van der Waals surface area contributed by atoms with Gasteiger partial charge in [0.1, 0.15) is 0 Å². The van der Waals surface area contributed by atoms with E-state index in [2.05, 4.69) is 0 Å². The number of rotatable bonds is 9. The van der Waals surface area contributed by atoms with Gasteiger partial charge in [-0.3, -0.25) is 9.59 Å². The number of hydrogen-bond acceptors (Lipinski definition) is 2. The van der Waals surface area contributed by atoms with Crippen molar-refractivity contribution in [3.63, 3.8) is 0 Å². The summed E-state index contributed by atoms with van der Waals surface area (Å²) in [4.78, 5) is 22.3. The summed E-state index contributed by atoms with van der Waals surface area (Å²) in [5.41, 5.74) is -0.635. The molecule has 0 aliphatic heterocycles. The van der Waals surface area contributed by atoms with Crippen LogP contribution in [0.15, 0.2) is 0 Å². The molecule has 0 saturated carbocycles. The first-order valence-corrected chi connectivity index (χ1v) is 6.34. The Kier molecular flexibility index (Phi) is 6.85. The third-order valence-corrected chi connectivity index (χ3v) is 3.39. The normalized spacial score (nSPS) is 11.8. The number of unbranched alkanes of at least 4 members (excludes halogenated alkanes) is 2. The number of hydrogen-bond donors (Lipinski definition) is 2. The van der Waals surface area contributed by atoms with E-state index in [1.54, 1.807) is 6.92 Å². The standard InChI is InChI=1S/C13H24O4/c1-4-6-8-13(3,9-7-5-2)10(11(14)15)12(16)17/h10H,4-9H2,1-3H3,(H,14,15)(H,16,17). The second-order valence-electron chi connectivity index (χ2n) is 4.97. The Morgan fingerprint density at radius 3 is 1.59 bits per heavy atom. The molecule has 0 spiro atoms. The topological polar surface area (TPSA) is 74.6 Å². The molecule has 0 rings (SSSR count). The lowest BCUT2D eigenvalue weighted by molar-refractivity contribution is -0.161. The lowest BCUT2D eigenvalue weighted by Crippen LogP contribution is -2.39. The molecule has 4 nitrogen and oxygen atoms in total. The predicted molar refractivity (Wildman–Crippen MR) is 65.9 cm³/mol. The van der Waals surface area contributed by atoms with Gasteiger partial charge in [-0.05, 0) is 18.3 Å². The van der Waals surface area contributed by atoms with Gasteiger partial charge in [0.25, 0.3) is 0 Å². The smallest absolute Gasteiger partial charge is 0.318 e. The molecule has 0 bridgehead atoms. The van der Waals surface area contributed by atoms with Crippen LogP contribution in [-0.4, -0.2) is 22.2 Å². The summed E-state index contributed by atoms with van der Waals surface area (Å²) in [7, 11) is 0. The fourth-order valence-corrected chi connectivity index (χ4v) is 2.28. The monoisotopic (exact) mass is 244 g/mol. The van der Waals surface area contributed by atoms with Crippen LogP contribution < -0.4 is 0 Å². The molecular weight excluding hydrogens is 220 g/mol. The maximum atomic E-state index is 11.1. The van der Waals surface area contributed by atoms with E-state index in [-0.39, 0.29) is 0 Å². The minimum atomic E-state index is -1.29. The fourth-order valence-electron chi connectivity index (χ4n) is 2.28. The Hall–Kier alpha value is -1.06. The quantitative estimate of drug-likeness (QED) is 0.611. The fraction of sp³-hybridized carbons (Fsp3) is 0.846. The molecule has 0 aromatic carbocycles. The molecule has 0 aromatic rings. The van der Waals surface area contributed by atoms with E-state index in [1.807, 2.05) is 13.8 Å². The van der Waals surface area contributed by atoms with Gasteiger partial charge >= 0.3 is 11.9 Å². The van der Waals surface area contributed by atoms with Crippen LogP contribution in [0.3, 0.4) is 0 Å². The number of carbonyl (C=O) groups is 2. The van der Waals surface area contributed by atoms with Crippen LogP contribution in [0.25, 0.3) is 0 Å². The van der Waals surface area contributed by atoms with Crippen molar-refractivity contribution < 1.29 is 19.8 Å². The second-order valence-corrected chi connectivity index (χ2v) is 4.97. The first-order valence-electron chi connectivity index (χ1n) is 6.34. The van der Waals surface area contributed by atoms with E-state index in [1.165, 1.54) is 0 Å². The summed E-state index contributed by atoms with van der Waals surface area (Å²) >= 11 is 0. The maximum Gasteiger partial charge on any atom is 0.318 e. The van der Waals surface area contributed by atoms with Crippen molar-refractivity contribution in [3.05, 3.63) is 0 Å². The number of carboxylic acid groups (broad SMARTS) is 2. The van der Waals surface area contributed by atoms with Crippen LogP contribution in [0.2, 0.25) is 0 Å². The summed E-state index contributed by atoms with van der Waals surface area (Å²) in [6, 6.07) is 0. The Bertz CT molecular complexity index is 238. The van der Waals surface area contributed by atoms with Crippen LogP contribution in [-0.2, 0) is 9.59 Å². The zero-order valence-corrected chi connectivity index (χ0v) is 11.0. The van der Waals surface area contributed by atoms with Gasteiger partial charge in [0.2, 0.25) is 0 Å². The molecule has 0 aliphatic rings. The van der Waals surface area contributed by atoms with Gasteiger partial charge in [-0.15, -0.1) is 0 Å². The summed E-state index contributed by atoms with van der Waals surface area (Å²) in [6.45, 7) is 5.85. The van der Waals surface area contributed by atoms with Gasteiger partial charge in [0.05, 0.1) is 0 Å². The molecule has 100 valence electrons.